The first-order valence-electron chi connectivity index (χ1n) is 9.76. The Labute approximate surface area is 170 Å². The lowest BCUT2D eigenvalue weighted by Gasteiger charge is -2.30. The SMILES string of the molecule is CC(Cc1noc(-c2ccoc2C2(O)CCOCC2)n1)N(C)C(=O)OC(C)(C)C. The number of rotatable bonds is 5. The zero-order valence-corrected chi connectivity index (χ0v) is 17.6. The molecule has 1 atom stereocenters. The van der Waals surface area contributed by atoms with Crippen LogP contribution in [0.5, 0.6) is 0 Å². The van der Waals surface area contributed by atoms with E-state index in [2.05, 4.69) is 10.1 Å². The van der Waals surface area contributed by atoms with Crippen LogP contribution in [0.1, 0.15) is 52.1 Å². The highest BCUT2D eigenvalue weighted by Gasteiger charge is 2.38. The Hall–Kier alpha value is -2.39. The highest BCUT2D eigenvalue weighted by atomic mass is 16.6. The molecule has 2 aromatic heterocycles. The van der Waals surface area contributed by atoms with Crippen LogP contribution in [-0.4, -0.2) is 58.1 Å². The van der Waals surface area contributed by atoms with E-state index in [1.807, 2.05) is 27.7 Å². The predicted molar refractivity (Wildman–Crippen MR) is 103 cm³/mol. The Kier molecular flexibility index (Phi) is 6.00. The molecule has 0 bridgehead atoms. The Morgan fingerprint density at radius 2 is 2.07 bits per heavy atom. The van der Waals surface area contributed by atoms with Crippen LogP contribution in [-0.2, 0) is 21.5 Å². The van der Waals surface area contributed by atoms with Gasteiger partial charge in [0, 0.05) is 45.6 Å². The fraction of sp³-hybridized carbons (Fsp3) is 0.650. The van der Waals surface area contributed by atoms with Gasteiger partial charge in [0.1, 0.15) is 17.0 Å². The maximum absolute atomic E-state index is 12.2. The van der Waals surface area contributed by atoms with Gasteiger partial charge < -0.3 is 28.4 Å². The van der Waals surface area contributed by atoms with Crippen molar-refractivity contribution in [3.8, 4) is 11.5 Å². The Morgan fingerprint density at radius 1 is 1.38 bits per heavy atom. The Balaban J connectivity index is 1.70. The van der Waals surface area contributed by atoms with Crippen molar-refractivity contribution in [2.75, 3.05) is 20.3 Å². The number of hydrogen-bond acceptors (Lipinski definition) is 8. The van der Waals surface area contributed by atoms with Gasteiger partial charge in [0.15, 0.2) is 5.82 Å². The van der Waals surface area contributed by atoms with Gasteiger partial charge in [0.2, 0.25) is 0 Å². The molecule has 9 nitrogen and oxygen atoms in total. The van der Waals surface area contributed by atoms with Crippen LogP contribution in [0, 0.1) is 0 Å². The normalized spacial score (nSPS) is 17.7. The summed E-state index contributed by atoms with van der Waals surface area (Å²) in [4.78, 5) is 18.2. The highest BCUT2D eigenvalue weighted by molar-refractivity contribution is 5.68. The lowest BCUT2D eigenvalue weighted by atomic mass is 9.89. The van der Waals surface area contributed by atoms with Gasteiger partial charge in [-0.1, -0.05) is 5.16 Å². The molecule has 0 aromatic carbocycles. The van der Waals surface area contributed by atoms with Gasteiger partial charge in [-0.3, -0.25) is 0 Å². The molecular weight excluding hydrogens is 378 g/mol. The van der Waals surface area contributed by atoms with E-state index in [9.17, 15) is 9.90 Å². The van der Waals surface area contributed by atoms with E-state index >= 15 is 0 Å². The molecule has 3 heterocycles. The summed E-state index contributed by atoms with van der Waals surface area (Å²) in [7, 11) is 1.68. The molecule has 160 valence electrons. The summed E-state index contributed by atoms with van der Waals surface area (Å²) in [6.07, 6.45) is 2.36. The molecule has 0 saturated carbocycles. The minimum absolute atomic E-state index is 0.196. The van der Waals surface area contributed by atoms with Crippen molar-refractivity contribution in [3.63, 3.8) is 0 Å². The summed E-state index contributed by atoms with van der Waals surface area (Å²) >= 11 is 0. The van der Waals surface area contributed by atoms with Crippen LogP contribution < -0.4 is 0 Å². The number of carbonyl (C=O) groups excluding carboxylic acids is 1. The second-order valence-electron chi connectivity index (χ2n) is 8.47. The number of likely N-dealkylation sites (N-methyl/N-ethyl adjacent to an activating group) is 1. The van der Waals surface area contributed by atoms with E-state index in [1.54, 1.807) is 13.1 Å². The summed E-state index contributed by atoms with van der Waals surface area (Å²) in [5, 5.41) is 15.0. The zero-order valence-electron chi connectivity index (χ0n) is 17.6. The van der Waals surface area contributed by atoms with Gasteiger partial charge >= 0.3 is 6.09 Å². The molecule has 29 heavy (non-hydrogen) atoms. The van der Waals surface area contributed by atoms with Crippen LogP contribution in [0.25, 0.3) is 11.5 Å². The lowest BCUT2D eigenvalue weighted by Crippen LogP contribution is -2.40. The molecule has 1 N–H and O–H groups in total. The first-order valence-corrected chi connectivity index (χ1v) is 9.76. The van der Waals surface area contributed by atoms with E-state index in [0.717, 1.165) is 0 Å². The number of furan rings is 1. The zero-order chi connectivity index (χ0) is 21.2. The molecule has 2 aromatic rings. The van der Waals surface area contributed by atoms with Crippen molar-refractivity contribution in [3.05, 3.63) is 23.9 Å². The van der Waals surface area contributed by atoms with Crippen LogP contribution in [0.4, 0.5) is 4.79 Å². The first kappa shape index (κ1) is 21.3. The third kappa shape index (κ3) is 4.97. The van der Waals surface area contributed by atoms with Crippen LogP contribution in [0.3, 0.4) is 0 Å². The molecule has 9 heteroatoms. The molecule has 0 radical (unpaired) electrons. The molecule has 1 aliphatic rings. The summed E-state index contributed by atoms with van der Waals surface area (Å²) in [5.41, 5.74) is -1.11. The predicted octanol–water partition coefficient (Wildman–Crippen LogP) is 3.13. The second kappa shape index (κ2) is 8.16. The van der Waals surface area contributed by atoms with Crippen molar-refractivity contribution in [1.82, 2.24) is 15.0 Å². The molecule has 1 unspecified atom stereocenters. The van der Waals surface area contributed by atoms with Gasteiger partial charge in [-0.15, -0.1) is 0 Å². The molecule has 1 saturated heterocycles. The molecular formula is C20H29N3O6. The van der Waals surface area contributed by atoms with Crippen molar-refractivity contribution in [2.24, 2.45) is 0 Å². The minimum atomic E-state index is -1.12. The van der Waals surface area contributed by atoms with Crippen molar-refractivity contribution in [1.29, 1.82) is 0 Å². The summed E-state index contributed by atoms with van der Waals surface area (Å²) < 4.78 is 21.7. The smallest absolute Gasteiger partial charge is 0.410 e. The van der Waals surface area contributed by atoms with E-state index in [0.29, 0.717) is 49.6 Å². The van der Waals surface area contributed by atoms with Gasteiger partial charge in [0.05, 0.1) is 11.8 Å². The van der Waals surface area contributed by atoms with Crippen LogP contribution in [0.2, 0.25) is 0 Å². The van der Waals surface area contributed by atoms with Crippen molar-refractivity contribution < 1.29 is 28.3 Å². The van der Waals surface area contributed by atoms with E-state index in [-0.39, 0.29) is 11.9 Å². The number of nitrogens with zero attached hydrogens (tertiary/aromatic N) is 3. The number of aliphatic hydroxyl groups is 1. The third-order valence-electron chi connectivity index (χ3n) is 4.93. The maximum atomic E-state index is 12.2. The van der Waals surface area contributed by atoms with Gasteiger partial charge in [-0.05, 0) is 33.8 Å². The monoisotopic (exact) mass is 407 g/mol. The van der Waals surface area contributed by atoms with Crippen molar-refractivity contribution in [2.45, 2.75) is 64.2 Å². The molecule has 3 rings (SSSR count). The van der Waals surface area contributed by atoms with Gasteiger partial charge in [0.25, 0.3) is 5.89 Å². The third-order valence-corrected chi connectivity index (χ3v) is 4.93. The number of aromatic nitrogens is 2. The lowest BCUT2D eigenvalue weighted by molar-refractivity contribution is -0.0797. The molecule has 0 spiro atoms. The second-order valence-corrected chi connectivity index (χ2v) is 8.47. The largest absolute Gasteiger partial charge is 0.465 e. The Morgan fingerprint density at radius 3 is 2.72 bits per heavy atom. The fourth-order valence-corrected chi connectivity index (χ4v) is 3.14. The molecule has 1 amide bonds. The molecule has 1 fully saturated rings. The standard InChI is InChI=1S/C20H29N3O6/c1-13(23(5)18(24)28-19(2,3)4)12-15-21-17(29-22-15)14-6-9-27-16(14)20(25)7-10-26-11-8-20/h6,9,13,25H,7-8,10-12H2,1-5H3. The average molecular weight is 407 g/mol. The number of carbonyl (C=O) groups is 1. The topological polar surface area (TPSA) is 111 Å². The Bertz CT molecular complexity index is 831. The first-order chi connectivity index (χ1) is 13.6. The number of ether oxygens (including phenoxy) is 2. The average Bonchev–Trinajstić information content (AvgIpc) is 3.29. The summed E-state index contributed by atoms with van der Waals surface area (Å²) in [5.74, 6) is 1.14. The van der Waals surface area contributed by atoms with E-state index < -0.39 is 17.3 Å². The fourth-order valence-electron chi connectivity index (χ4n) is 3.14. The quantitative estimate of drug-likeness (QED) is 0.805. The molecule has 0 aliphatic carbocycles. The number of hydrogen-bond donors (Lipinski definition) is 1. The van der Waals surface area contributed by atoms with Gasteiger partial charge in [-0.2, -0.15) is 4.98 Å². The highest BCUT2D eigenvalue weighted by Crippen LogP contribution is 2.38. The maximum Gasteiger partial charge on any atom is 0.410 e. The molecule has 1 aliphatic heterocycles. The summed E-state index contributed by atoms with van der Waals surface area (Å²) in [6.45, 7) is 8.27. The van der Waals surface area contributed by atoms with Crippen LogP contribution in [0.15, 0.2) is 21.3 Å². The van der Waals surface area contributed by atoms with Crippen LogP contribution >= 0.6 is 0 Å². The van der Waals surface area contributed by atoms with Crippen molar-refractivity contribution >= 4 is 6.09 Å². The number of amides is 1. The van der Waals surface area contributed by atoms with E-state index in [1.165, 1.54) is 11.2 Å². The summed E-state index contributed by atoms with van der Waals surface area (Å²) in [6, 6.07) is 1.51. The van der Waals surface area contributed by atoms with E-state index in [4.69, 9.17) is 18.4 Å². The minimum Gasteiger partial charge on any atom is -0.465 e. The van der Waals surface area contributed by atoms with Gasteiger partial charge in [-0.25, -0.2) is 4.79 Å².